The molecule has 3 aliphatic heterocycles. The number of fused-ring (bicyclic) bond motifs is 12. The van der Waals surface area contributed by atoms with Gasteiger partial charge in [0.15, 0.2) is 0 Å². The van der Waals surface area contributed by atoms with Gasteiger partial charge in [-0.05, 0) is 229 Å². The van der Waals surface area contributed by atoms with E-state index in [1.54, 1.807) is 16.7 Å². The molecule has 15 rings (SSSR count). The second kappa shape index (κ2) is 18.8. The van der Waals surface area contributed by atoms with E-state index in [4.69, 9.17) is 0 Å². The molecule has 3 nitrogen and oxygen atoms in total. The normalized spacial score (nSPS) is 23.6. The number of benzene rings is 7. The SMILES string of the molecule is CC(C)(C)c1ccc2c(c1)B1c3sc4cc5c(cc4c3N(c3ccc4c(c3)C(C)(C)CCC4(C)C)c3cc(N4c6cc7c(cc6C6(C)CCCCC46C)C(C)(C)CCC7(C)C)cc(c31)N2c1ccc(C(C)(C)C)cc1-c1ccccc1)C(C)(C)CCC5(C)C. The molecule has 1 fully saturated rings. The van der Waals surface area contributed by atoms with Gasteiger partial charge < -0.3 is 14.7 Å². The van der Waals surface area contributed by atoms with Crippen LogP contribution >= 0.6 is 11.3 Å². The van der Waals surface area contributed by atoms with Crippen molar-refractivity contribution in [2.75, 3.05) is 14.7 Å². The van der Waals surface area contributed by atoms with E-state index in [2.05, 4.69) is 286 Å². The molecule has 7 aromatic carbocycles. The van der Waals surface area contributed by atoms with Gasteiger partial charge in [-0.15, -0.1) is 11.3 Å². The van der Waals surface area contributed by atoms with Crippen LogP contribution in [0.2, 0.25) is 0 Å². The Morgan fingerprint density at radius 2 is 0.921 bits per heavy atom. The number of hydrogen-bond donors (Lipinski definition) is 0. The summed E-state index contributed by atoms with van der Waals surface area (Å²) >= 11 is 2.09. The van der Waals surface area contributed by atoms with Gasteiger partial charge in [0.05, 0.1) is 16.9 Å². The zero-order valence-electron chi connectivity index (χ0n) is 57.9. The third-order valence-corrected chi connectivity index (χ3v) is 26.3. The Labute approximate surface area is 540 Å². The quantitative estimate of drug-likeness (QED) is 0.163. The van der Waals surface area contributed by atoms with Gasteiger partial charge >= 0.3 is 0 Å². The first-order valence-corrected chi connectivity index (χ1v) is 35.3. The molecule has 5 heteroatoms. The predicted molar refractivity (Wildman–Crippen MR) is 387 cm³/mol. The van der Waals surface area contributed by atoms with Gasteiger partial charge in [-0.1, -0.05) is 205 Å². The van der Waals surface area contributed by atoms with E-state index in [9.17, 15) is 0 Å². The molecule has 0 amide bonds. The molecule has 4 heterocycles. The van der Waals surface area contributed by atoms with Crippen molar-refractivity contribution < 1.29 is 0 Å². The minimum atomic E-state index is -0.187. The molecule has 89 heavy (non-hydrogen) atoms. The Morgan fingerprint density at radius 1 is 0.404 bits per heavy atom. The Morgan fingerprint density at radius 3 is 1.53 bits per heavy atom. The summed E-state index contributed by atoms with van der Waals surface area (Å²) < 4.78 is 2.87. The van der Waals surface area contributed by atoms with E-state index in [1.807, 2.05) is 0 Å². The summed E-state index contributed by atoms with van der Waals surface area (Å²) in [4.78, 5) is 8.58. The lowest BCUT2D eigenvalue weighted by Gasteiger charge is -2.51. The van der Waals surface area contributed by atoms with Gasteiger partial charge in [0.1, 0.15) is 0 Å². The summed E-state index contributed by atoms with van der Waals surface area (Å²) in [5, 5.41) is 1.40. The summed E-state index contributed by atoms with van der Waals surface area (Å²) in [6.07, 6.45) is 11.9. The zero-order chi connectivity index (χ0) is 63.1. The van der Waals surface area contributed by atoms with Crippen molar-refractivity contribution in [2.45, 2.75) is 257 Å². The van der Waals surface area contributed by atoms with Crippen LogP contribution in [0, 0.1) is 0 Å². The van der Waals surface area contributed by atoms with Crippen LogP contribution < -0.4 is 30.4 Å². The van der Waals surface area contributed by atoms with E-state index < -0.39 is 0 Å². The number of rotatable bonds is 4. The second-order valence-electron chi connectivity index (χ2n) is 35.7. The van der Waals surface area contributed by atoms with Crippen LogP contribution in [-0.2, 0) is 48.7 Å². The zero-order valence-corrected chi connectivity index (χ0v) is 58.8. The van der Waals surface area contributed by atoms with E-state index >= 15 is 0 Å². The molecule has 8 aromatic rings. The minimum absolute atomic E-state index is 0.0155. The first-order chi connectivity index (χ1) is 41.6. The third kappa shape index (κ3) is 8.52. The molecule has 2 unspecified atom stereocenters. The molecule has 0 radical (unpaired) electrons. The van der Waals surface area contributed by atoms with E-state index in [-0.39, 0.29) is 61.0 Å². The molecule has 1 aromatic heterocycles. The summed E-state index contributed by atoms with van der Waals surface area (Å²) in [7, 11) is 0. The van der Waals surface area contributed by atoms with Crippen molar-refractivity contribution >= 4 is 89.3 Å². The van der Waals surface area contributed by atoms with Gasteiger partial charge in [0.2, 0.25) is 0 Å². The molecule has 1 saturated carbocycles. The molecule has 0 N–H and O–H groups in total. The molecule has 2 atom stereocenters. The molecule has 7 aliphatic rings. The first kappa shape index (κ1) is 59.3. The van der Waals surface area contributed by atoms with Crippen LogP contribution in [0.4, 0.5) is 45.5 Å². The molecule has 0 bridgehead atoms. The number of thiophene rings is 1. The van der Waals surface area contributed by atoms with Crippen LogP contribution in [0.3, 0.4) is 0 Å². The first-order valence-electron chi connectivity index (χ1n) is 34.5. The van der Waals surface area contributed by atoms with Crippen LogP contribution in [-0.4, -0.2) is 12.3 Å². The molecular formula is C84H100BN3S. The number of nitrogens with zero attached hydrogens (tertiary/aromatic N) is 3. The average molecular weight is 1190 g/mol. The summed E-state index contributed by atoms with van der Waals surface area (Å²) in [5.74, 6) is 0. The lowest BCUT2D eigenvalue weighted by molar-refractivity contribution is 0.194. The van der Waals surface area contributed by atoms with Crippen LogP contribution in [0.15, 0.2) is 121 Å². The molecule has 4 aliphatic carbocycles. The highest BCUT2D eigenvalue weighted by Gasteiger charge is 2.60. The summed E-state index contributed by atoms with van der Waals surface area (Å²) in [6, 6.07) is 50.6. The summed E-state index contributed by atoms with van der Waals surface area (Å²) in [5.41, 5.74) is 29.3. The lowest BCUT2D eigenvalue weighted by Crippen LogP contribution is -2.61. The minimum Gasteiger partial charge on any atom is -0.334 e. The topological polar surface area (TPSA) is 9.72 Å². The lowest BCUT2D eigenvalue weighted by atomic mass is 9.36. The average Bonchev–Trinajstić information content (AvgIpc) is 1.61. The molecule has 460 valence electrons. The van der Waals surface area contributed by atoms with Gasteiger partial charge in [-0.2, -0.15) is 0 Å². The van der Waals surface area contributed by atoms with Gasteiger partial charge in [0, 0.05) is 60.0 Å². The van der Waals surface area contributed by atoms with Crippen LogP contribution in [0.5, 0.6) is 0 Å². The number of anilines is 8. The van der Waals surface area contributed by atoms with Crippen molar-refractivity contribution in [1.29, 1.82) is 0 Å². The van der Waals surface area contributed by atoms with E-state index in [0.29, 0.717) is 0 Å². The maximum atomic E-state index is 2.96. The van der Waals surface area contributed by atoms with Crippen molar-refractivity contribution in [3.63, 3.8) is 0 Å². The van der Waals surface area contributed by atoms with Crippen molar-refractivity contribution in [3.05, 3.63) is 171 Å². The van der Waals surface area contributed by atoms with E-state index in [1.165, 1.54) is 167 Å². The van der Waals surface area contributed by atoms with Gasteiger partial charge in [0.25, 0.3) is 6.71 Å². The standard InChI is InChI=1S/C84H100BN3S/c1-75(2,3)52-28-32-66(56(42-52)51-26-22-21-23-27-51)87-67-33-29-53(76(4,5)6)43-65(67)85-72-69(45-55(46-70(72)87)88-68-49-62-61(80(13,14)39-40-81(62,15)16)48-64(68)83(19)34-24-25-35-84(83,88)20)86(54-30-31-58-59(44-54)78(9,10)37-36-77(58,7)8)73-57-47-60-63(50-71(57)89-74(73)85)82(17,18)41-38-79(60,11)12/h21-23,26-33,42-50H,24-25,34-41H2,1-20H3. The van der Waals surface area contributed by atoms with Gasteiger partial charge in [-0.3, -0.25) is 0 Å². The summed E-state index contributed by atoms with van der Waals surface area (Å²) in [6.45, 7) is 49.9. The highest BCUT2D eigenvalue weighted by molar-refractivity contribution is 7.33. The highest BCUT2D eigenvalue weighted by Crippen LogP contribution is 2.65. The highest BCUT2D eigenvalue weighted by atomic mass is 32.1. The maximum Gasteiger partial charge on any atom is 0.264 e. The number of hydrogen-bond acceptors (Lipinski definition) is 4. The Balaban J connectivity index is 1.12. The Hall–Kier alpha value is -6.04. The van der Waals surface area contributed by atoms with Crippen molar-refractivity contribution in [2.24, 2.45) is 0 Å². The smallest absolute Gasteiger partial charge is 0.264 e. The Kier molecular flexibility index (Phi) is 12.5. The Bertz CT molecular complexity index is 4300. The largest absolute Gasteiger partial charge is 0.334 e. The van der Waals surface area contributed by atoms with Crippen LogP contribution in [0.1, 0.15) is 253 Å². The fourth-order valence-corrected chi connectivity index (χ4v) is 20.0. The molecule has 0 saturated heterocycles. The van der Waals surface area contributed by atoms with Gasteiger partial charge in [-0.25, -0.2) is 0 Å². The van der Waals surface area contributed by atoms with Crippen molar-refractivity contribution in [1.82, 2.24) is 0 Å². The third-order valence-electron chi connectivity index (χ3n) is 25.1. The van der Waals surface area contributed by atoms with Crippen molar-refractivity contribution in [3.8, 4) is 11.1 Å². The maximum absolute atomic E-state index is 2.96. The second-order valence-corrected chi connectivity index (χ2v) is 36.8. The monoisotopic (exact) mass is 1190 g/mol. The van der Waals surface area contributed by atoms with Crippen LogP contribution in [0.25, 0.3) is 21.2 Å². The van der Waals surface area contributed by atoms with E-state index in [0.717, 1.165) is 12.8 Å². The molecular weight excluding hydrogens is 1090 g/mol. The fourth-order valence-electron chi connectivity index (χ4n) is 18.6. The molecule has 0 spiro atoms. The fraction of sp³-hybridized carbons (Fsp3) is 0.476. The predicted octanol–water partition coefficient (Wildman–Crippen LogP) is 22.0.